The molecule has 8 heteroatoms. The SMILES string of the molecule is Nc1ccc(F)c(NC(=O)c2cc([N+](=O)[O-])c[nH]2)c1. The highest BCUT2D eigenvalue weighted by atomic mass is 19.1. The number of nitrogens with one attached hydrogen (secondary N) is 2. The second kappa shape index (κ2) is 4.77. The third-order valence-corrected chi connectivity index (χ3v) is 2.36. The Morgan fingerprint density at radius 3 is 2.79 bits per heavy atom. The maximum absolute atomic E-state index is 13.4. The van der Waals surface area contributed by atoms with Crippen molar-refractivity contribution in [1.82, 2.24) is 4.98 Å². The molecule has 2 rings (SSSR count). The summed E-state index contributed by atoms with van der Waals surface area (Å²) in [5, 5.41) is 12.7. The van der Waals surface area contributed by atoms with Gasteiger partial charge in [-0.05, 0) is 18.2 Å². The quantitative estimate of drug-likeness (QED) is 0.446. The van der Waals surface area contributed by atoms with Gasteiger partial charge in [-0.25, -0.2) is 4.39 Å². The average molecular weight is 264 g/mol. The van der Waals surface area contributed by atoms with E-state index >= 15 is 0 Å². The molecule has 0 aliphatic heterocycles. The minimum absolute atomic E-state index is 0.0477. The fourth-order valence-electron chi connectivity index (χ4n) is 1.45. The lowest BCUT2D eigenvalue weighted by atomic mass is 10.2. The van der Waals surface area contributed by atoms with Crippen molar-refractivity contribution in [1.29, 1.82) is 0 Å². The van der Waals surface area contributed by atoms with Crippen LogP contribution in [-0.4, -0.2) is 15.8 Å². The number of H-pyrrole nitrogens is 1. The van der Waals surface area contributed by atoms with Crippen LogP contribution >= 0.6 is 0 Å². The summed E-state index contributed by atoms with van der Waals surface area (Å²) in [6, 6.07) is 4.77. The van der Waals surface area contributed by atoms with Gasteiger partial charge in [0.05, 0.1) is 16.8 Å². The van der Waals surface area contributed by atoms with Crippen molar-refractivity contribution < 1.29 is 14.1 Å². The number of aromatic nitrogens is 1. The summed E-state index contributed by atoms with van der Waals surface area (Å²) in [6.07, 6.45) is 1.07. The van der Waals surface area contributed by atoms with Gasteiger partial charge in [0, 0.05) is 11.8 Å². The first-order chi connectivity index (χ1) is 8.97. The predicted molar refractivity (Wildman–Crippen MR) is 66.2 cm³/mol. The molecule has 0 spiro atoms. The van der Waals surface area contributed by atoms with Crippen molar-refractivity contribution in [3.63, 3.8) is 0 Å². The molecule has 0 atom stereocenters. The molecule has 1 aromatic carbocycles. The Morgan fingerprint density at radius 1 is 1.42 bits per heavy atom. The van der Waals surface area contributed by atoms with Crippen LogP contribution in [0.4, 0.5) is 21.5 Å². The average Bonchev–Trinajstić information content (AvgIpc) is 2.83. The molecule has 1 heterocycles. The van der Waals surface area contributed by atoms with Crippen LogP contribution < -0.4 is 11.1 Å². The molecular formula is C11H9FN4O3. The highest BCUT2D eigenvalue weighted by molar-refractivity contribution is 6.03. The number of aromatic amines is 1. The molecule has 0 saturated carbocycles. The van der Waals surface area contributed by atoms with Crippen LogP contribution in [0.2, 0.25) is 0 Å². The number of hydrogen-bond acceptors (Lipinski definition) is 4. The molecule has 0 aliphatic rings. The van der Waals surface area contributed by atoms with Crippen LogP contribution in [0, 0.1) is 15.9 Å². The first-order valence-electron chi connectivity index (χ1n) is 5.16. The number of nitrogen functional groups attached to an aromatic ring is 1. The van der Waals surface area contributed by atoms with Gasteiger partial charge in [0.15, 0.2) is 0 Å². The van der Waals surface area contributed by atoms with E-state index in [1.54, 1.807) is 0 Å². The van der Waals surface area contributed by atoms with Crippen molar-refractivity contribution >= 4 is 23.0 Å². The minimum atomic E-state index is -0.697. The third kappa shape index (κ3) is 2.68. The van der Waals surface area contributed by atoms with Gasteiger partial charge < -0.3 is 16.0 Å². The molecule has 0 bridgehead atoms. The van der Waals surface area contributed by atoms with Crippen molar-refractivity contribution in [3.8, 4) is 0 Å². The molecule has 0 aliphatic carbocycles. The topological polar surface area (TPSA) is 114 Å². The van der Waals surface area contributed by atoms with Crippen LogP contribution in [0.3, 0.4) is 0 Å². The molecule has 7 nitrogen and oxygen atoms in total. The van der Waals surface area contributed by atoms with Crippen LogP contribution in [0.15, 0.2) is 30.5 Å². The number of nitro groups is 1. The molecule has 0 unspecified atom stereocenters. The summed E-state index contributed by atoms with van der Waals surface area (Å²) >= 11 is 0. The molecule has 1 amide bonds. The zero-order chi connectivity index (χ0) is 14.0. The van der Waals surface area contributed by atoms with Crippen LogP contribution in [0.1, 0.15) is 10.5 Å². The maximum Gasteiger partial charge on any atom is 0.287 e. The lowest BCUT2D eigenvalue weighted by molar-refractivity contribution is -0.384. The van der Waals surface area contributed by atoms with Crippen molar-refractivity contribution in [2.75, 3.05) is 11.1 Å². The molecule has 4 N–H and O–H groups in total. The highest BCUT2D eigenvalue weighted by Gasteiger charge is 2.15. The van der Waals surface area contributed by atoms with Crippen molar-refractivity contribution in [2.45, 2.75) is 0 Å². The summed E-state index contributed by atoms with van der Waals surface area (Å²) in [7, 11) is 0. The number of hydrogen-bond donors (Lipinski definition) is 3. The Morgan fingerprint density at radius 2 is 2.16 bits per heavy atom. The van der Waals surface area contributed by atoms with E-state index in [4.69, 9.17) is 5.73 Å². The number of nitrogens with two attached hydrogens (primary N) is 1. The number of amides is 1. The van der Waals surface area contributed by atoms with Crippen LogP contribution in [0.5, 0.6) is 0 Å². The molecule has 2 aromatic rings. The Bertz CT molecular complexity index is 653. The minimum Gasteiger partial charge on any atom is -0.399 e. The molecule has 1 aromatic heterocycles. The molecule has 19 heavy (non-hydrogen) atoms. The van der Waals surface area contributed by atoms with E-state index in [9.17, 15) is 19.3 Å². The largest absolute Gasteiger partial charge is 0.399 e. The van der Waals surface area contributed by atoms with Crippen LogP contribution in [-0.2, 0) is 0 Å². The van der Waals surface area contributed by atoms with Gasteiger partial charge in [-0.2, -0.15) is 0 Å². The normalized spacial score (nSPS) is 10.2. The van der Waals surface area contributed by atoms with E-state index in [2.05, 4.69) is 10.3 Å². The summed E-state index contributed by atoms with van der Waals surface area (Å²) in [6.45, 7) is 0. The fraction of sp³-hybridized carbons (Fsp3) is 0. The third-order valence-electron chi connectivity index (χ3n) is 2.36. The van der Waals surface area contributed by atoms with Gasteiger partial charge in [0.2, 0.25) is 0 Å². The number of nitrogens with zero attached hydrogens (tertiary/aromatic N) is 1. The smallest absolute Gasteiger partial charge is 0.287 e. The Kier molecular flexibility index (Phi) is 3.15. The van der Waals surface area contributed by atoms with Gasteiger partial charge in [0.25, 0.3) is 11.6 Å². The second-order valence-corrected chi connectivity index (χ2v) is 3.72. The number of carbonyl (C=O) groups is 1. The zero-order valence-corrected chi connectivity index (χ0v) is 9.51. The van der Waals surface area contributed by atoms with E-state index in [-0.39, 0.29) is 22.8 Å². The lowest BCUT2D eigenvalue weighted by Crippen LogP contribution is -2.13. The van der Waals surface area contributed by atoms with Crippen LogP contribution in [0.25, 0.3) is 0 Å². The summed E-state index contributed by atoms with van der Waals surface area (Å²) in [4.78, 5) is 24.0. The monoisotopic (exact) mass is 264 g/mol. The molecular weight excluding hydrogens is 255 g/mol. The summed E-state index contributed by atoms with van der Waals surface area (Å²) in [5.74, 6) is -1.35. The number of anilines is 2. The Hall–Kier alpha value is -2.90. The van der Waals surface area contributed by atoms with Gasteiger partial charge in [-0.15, -0.1) is 0 Å². The van der Waals surface area contributed by atoms with Gasteiger partial charge >= 0.3 is 0 Å². The van der Waals surface area contributed by atoms with Crippen molar-refractivity contribution in [2.24, 2.45) is 0 Å². The number of carbonyl (C=O) groups excluding carboxylic acids is 1. The predicted octanol–water partition coefficient (Wildman–Crippen LogP) is 1.90. The fourth-order valence-corrected chi connectivity index (χ4v) is 1.45. The molecule has 0 saturated heterocycles. The summed E-state index contributed by atoms with van der Waals surface area (Å²) in [5.41, 5.74) is 5.36. The number of halogens is 1. The zero-order valence-electron chi connectivity index (χ0n) is 9.51. The number of rotatable bonds is 3. The lowest BCUT2D eigenvalue weighted by Gasteiger charge is -2.05. The van der Waals surface area contributed by atoms with Gasteiger partial charge in [0.1, 0.15) is 11.5 Å². The first-order valence-corrected chi connectivity index (χ1v) is 5.16. The summed E-state index contributed by atoms with van der Waals surface area (Å²) < 4.78 is 13.4. The Balaban J connectivity index is 2.20. The molecule has 0 radical (unpaired) electrons. The highest BCUT2D eigenvalue weighted by Crippen LogP contribution is 2.19. The molecule has 0 fully saturated rings. The van der Waals surface area contributed by atoms with E-state index in [1.165, 1.54) is 12.1 Å². The van der Waals surface area contributed by atoms with Crippen molar-refractivity contribution in [3.05, 3.63) is 52.1 Å². The second-order valence-electron chi connectivity index (χ2n) is 3.72. The van der Waals surface area contributed by atoms with E-state index in [1.807, 2.05) is 0 Å². The maximum atomic E-state index is 13.4. The van der Waals surface area contributed by atoms with Gasteiger partial charge in [-0.3, -0.25) is 14.9 Å². The standard InChI is InChI=1S/C11H9FN4O3/c12-8-2-1-6(13)3-9(8)15-11(17)10-4-7(5-14-10)16(18)19/h1-5,14H,13H2,(H,15,17). The van der Waals surface area contributed by atoms with E-state index < -0.39 is 16.6 Å². The Labute approximate surface area is 106 Å². The van der Waals surface area contributed by atoms with Gasteiger partial charge in [-0.1, -0.05) is 0 Å². The van der Waals surface area contributed by atoms with E-state index in [0.717, 1.165) is 18.3 Å². The number of benzene rings is 1. The van der Waals surface area contributed by atoms with E-state index in [0.29, 0.717) is 0 Å². The first kappa shape index (κ1) is 12.6. The molecule has 98 valence electrons.